The Morgan fingerprint density at radius 1 is 0.600 bits per heavy atom. The molecule has 0 aliphatic rings. The molecule has 41 valence electrons. The average molecular weight is 340 g/mol. The third kappa shape index (κ3) is 33.9. The van der Waals surface area contributed by atoms with Crippen molar-refractivity contribution in [2.45, 2.75) is 0 Å². The van der Waals surface area contributed by atoms with Crippen LogP contribution in [0, 0.1) is 0 Å². The van der Waals surface area contributed by atoms with E-state index in [0.717, 1.165) is 0 Å². The predicted molar refractivity (Wildman–Crippen MR) is 2.06 cm³/mol. The van der Waals surface area contributed by atoms with E-state index in [-0.39, 0.29) is 59.9 Å². The minimum absolute atomic E-state index is 0. The molecular formula is AgO3W-6. The largest absolute Gasteiger partial charge is 2.00 e. The molecule has 0 heterocycles. The van der Waals surface area contributed by atoms with Gasteiger partial charge in [0.25, 0.3) is 0 Å². The Kier molecular flexibility index (Phi) is 1200. The molecule has 3 nitrogen and oxygen atoms in total. The van der Waals surface area contributed by atoms with Crippen LogP contribution in [0.15, 0.2) is 0 Å². The van der Waals surface area contributed by atoms with Gasteiger partial charge in [0, 0.05) is 43.4 Å². The summed E-state index contributed by atoms with van der Waals surface area (Å²) >= 11 is 0. The van der Waals surface area contributed by atoms with Crippen molar-refractivity contribution < 1.29 is 59.9 Å². The Labute approximate surface area is 59.8 Å². The second kappa shape index (κ2) is 57.6. The first-order chi connectivity index (χ1) is 0. The third-order valence-electron chi connectivity index (χ3n) is 0. The molecular weight excluding hydrogens is 340 g/mol. The van der Waals surface area contributed by atoms with Crippen LogP contribution in [0.3, 0.4) is 0 Å². The molecule has 0 saturated heterocycles. The molecule has 0 aliphatic carbocycles. The summed E-state index contributed by atoms with van der Waals surface area (Å²) in [6.45, 7) is 0. The van der Waals surface area contributed by atoms with Crippen LogP contribution in [0.4, 0.5) is 0 Å². The van der Waals surface area contributed by atoms with E-state index in [1.165, 1.54) is 0 Å². The number of hydrogen-bond donors (Lipinski definition) is 0. The fourth-order valence-corrected chi connectivity index (χ4v) is 0. The van der Waals surface area contributed by atoms with Crippen molar-refractivity contribution in [1.82, 2.24) is 0 Å². The Morgan fingerprint density at radius 2 is 0.600 bits per heavy atom. The van der Waals surface area contributed by atoms with Gasteiger partial charge in [-0.2, -0.15) is 0 Å². The molecule has 0 aromatic carbocycles. The molecule has 0 rings (SSSR count). The first kappa shape index (κ1) is 104. The van der Waals surface area contributed by atoms with Crippen LogP contribution >= 0.6 is 0 Å². The van der Waals surface area contributed by atoms with E-state index in [0.29, 0.717) is 0 Å². The molecule has 0 aromatic heterocycles. The Bertz CT molecular complexity index is 6.85. The van der Waals surface area contributed by atoms with Crippen LogP contribution in [-0.2, 0) is 59.9 Å². The van der Waals surface area contributed by atoms with Crippen LogP contribution in [0.1, 0.15) is 0 Å². The normalized spacial score (nSPS) is 0. The van der Waals surface area contributed by atoms with Gasteiger partial charge in [0.2, 0.25) is 0 Å². The van der Waals surface area contributed by atoms with E-state index in [1.54, 1.807) is 0 Å². The maximum atomic E-state index is 0. The van der Waals surface area contributed by atoms with Crippen LogP contribution in [0.5, 0.6) is 0 Å². The first-order valence-corrected chi connectivity index (χ1v) is 0. The van der Waals surface area contributed by atoms with Gasteiger partial charge in [-0.15, -0.1) is 0 Å². The van der Waals surface area contributed by atoms with E-state index in [1.807, 2.05) is 0 Å². The first-order valence-electron chi connectivity index (χ1n) is 0. The van der Waals surface area contributed by atoms with Crippen molar-refractivity contribution in [1.29, 1.82) is 0 Å². The monoisotopic (exact) mass is 339 g/mol. The van der Waals surface area contributed by atoms with Gasteiger partial charge in [0.1, 0.15) is 0 Å². The molecule has 5 heavy (non-hydrogen) atoms. The SMILES string of the molecule is [Ag].[O-2].[O-2].[O-2].[W]. The summed E-state index contributed by atoms with van der Waals surface area (Å²) in [4.78, 5) is 0. The standard InChI is InChI=1S/Ag.3O.W/q;3*-2;. The summed E-state index contributed by atoms with van der Waals surface area (Å²) in [5.41, 5.74) is 0. The van der Waals surface area contributed by atoms with Crippen LogP contribution < -0.4 is 0 Å². The molecule has 0 saturated carbocycles. The number of hydrogen-bond acceptors (Lipinski definition) is 0. The molecule has 0 aromatic rings. The summed E-state index contributed by atoms with van der Waals surface area (Å²) in [7, 11) is 0. The zero-order valence-corrected chi connectivity index (χ0v) is 6.35. The Morgan fingerprint density at radius 3 is 0.600 bits per heavy atom. The van der Waals surface area contributed by atoms with Gasteiger partial charge in [-0.05, 0) is 0 Å². The molecule has 0 atom stereocenters. The van der Waals surface area contributed by atoms with E-state index < -0.39 is 0 Å². The van der Waals surface area contributed by atoms with Gasteiger partial charge in [0.15, 0.2) is 0 Å². The maximum absolute atomic E-state index is 0. The third-order valence-corrected chi connectivity index (χ3v) is 0. The summed E-state index contributed by atoms with van der Waals surface area (Å²) < 4.78 is 0. The second-order valence-electron chi connectivity index (χ2n) is 0. The van der Waals surface area contributed by atoms with Gasteiger partial charge in [-0.25, -0.2) is 0 Å². The van der Waals surface area contributed by atoms with Gasteiger partial charge >= 0.3 is 0 Å². The van der Waals surface area contributed by atoms with Crippen molar-refractivity contribution in [3.05, 3.63) is 0 Å². The van der Waals surface area contributed by atoms with Gasteiger partial charge in [-0.1, -0.05) is 0 Å². The van der Waals surface area contributed by atoms with Crippen molar-refractivity contribution >= 4 is 0 Å². The topological polar surface area (TPSA) is 85.5 Å². The molecule has 0 aliphatic heterocycles. The zero-order valence-electron chi connectivity index (χ0n) is 1.93. The van der Waals surface area contributed by atoms with E-state index >= 15 is 0 Å². The van der Waals surface area contributed by atoms with Crippen molar-refractivity contribution in [2.75, 3.05) is 0 Å². The second-order valence-corrected chi connectivity index (χ2v) is 0. The van der Waals surface area contributed by atoms with Gasteiger partial charge < -0.3 is 16.4 Å². The van der Waals surface area contributed by atoms with Crippen molar-refractivity contribution in [3.63, 3.8) is 0 Å². The minimum atomic E-state index is 0. The van der Waals surface area contributed by atoms with E-state index in [2.05, 4.69) is 0 Å². The Balaban J connectivity index is 0. The van der Waals surface area contributed by atoms with Crippen molar-refractivity contribution in [3.8, 4) is 0 Å². The van der Waals surface area contributed by atoms with E-state index in [4.69, 9.17) is 0 Å². The molecule has 0 amide bonds. The maximum Gasteiger partial charge on any atom is 0 e. The average Bonchev–Trinajstić information content (AvgIpc) is 0. The number of rotatable bonds is 0. The summed E-state index contributed by atoms with van der Waals surface area (Å²) in [6.07, 6.45) is 0. The van der Waals surface area contributed by atoms with Crippen LogP contribution in [0.2, 0.25) is 0 Å². The fraction of sp³-hybridized carbons (Fsp3) is 0. The molecule has 0 fully saturated rings. The molecule has 0 unspecified atom stereocenters. The molecule has 0 N–H and O–H groups in total. The molecule has 5 heteroatoms. The minimum Gasteiger partial charge on any atom is -2.00 e. The van der Waals surface area contributed by atoms with Crippen LogP contribution in [0.25, 0.3) is 0 Å². The summed E-state index contributed by atoms with van der Waals surface area (Å²) in [5, 5.41) is 0. The molecule has 0 spiro atoms. The quantitative estimate of drug-likeness (QED) is 0.540. The summed E-state index contributed by atoms with van der Waals surface area (Å²) in [6, 6.07) is 0. The zero-order chi connectivity index (χ0) is 0. The van der Waals surface area contributed by atoms with Gasteiger partial charge in [-0.3, -0.25) is 0 Å². The summed E-state index contributed by atoms with van der Waals surface area (Å²) in [5.74, 6) is 0. The fourth-order valence-electron chi connectivity index (χ4n) is 0. The smallest absolute Gasteiger partial charge is 0 e. The predicted octanol–water partition coefficient (Wildman–Crippen LogP) is -0.361. The Hall–Kier alpha value is 1.31. The van der Waals surface area contributed by atoms with Gasteiger partial charge in [0.05, 0.1) is 0 Å². The molecule has 0 bridgehead atoms. The van der Waals surface area contributed by atoms with Crippen LogP contribution in [-0.4, -0.2) is 0 Å². The molecule has 1 radical (unpaired) electrons. The van der Waals surface area contributed by atoms with Crippen molar-refractivity contribution in [2.24, 2.45) is 0 Å². The van der Waals surface area contributed by atoms with E-state index in [9.17, 15) is 0 Å².